The van der Waals surface area contributed by atoms with Gasteiger partial charge in [-0.25, -0.2) is 9.78 Å². The summed E-state index contributed by atoms with van der Waals surface area (Å²) in [7, 11) is 0. The molecule has 5 nitrogen and oxygen atoms in total. The molecule has 2 heterocycles. The van der Waals surface area contributed by atoms with Crippen molar-refractivity contribution in [1.29, 1.82) is 0 Å². The molecule has 25 heavy (non-hydrogen) atoms. The van der Waals surface area contributed by atoms with Crippen LogP contribution in [0.3, 0.4) is 0 Å². The van der Waals surface area contributed by atoms with E-state index in [4.69, 9.17) is 6.42 Å². The van der Waals surface area contributed by atoms with Gasteiger partial charge in [0.25, 0.3) is 0 Å². The number of terminal acetylenes is 1. The number of urea groups is 1. The third-order valence-electron chi connectivity index (χ3n) is 4.38. The number of aliphatic hydroxyl groups is 1. The Bertz CT molecular complexity index is 810. The van der Waals surface area contributed by atoms with Crippen LogP contribution in [0.2, 0.25) is 0 Å². The lowest BCUT2D eigenvalue weighted by Gasteiger charge is -2.31. The molecule has 130 valence electrons. The van der Waals surface area contributed by atoms with Gasteiger partial charge in [-0.1, -0.05) is 34.0 Å². The molecule has 2 atom stereocenters. The van der Waals surface area contributed by atoms with Gasteiger partial charge in [-0.2, -0.15) is 0 Å². The number of benzene rings is 1. The number of rotatable bonds is 4. The highest BCUT2D eigenvalue weighted by atomic mass is 79.9. The minimum atomic E-state index is -1.14. The van der Waals surface area contributed by atoms with Crippen LogP contribution in [0.25, 0.3) is 0 Å². The Morgan fingerprint density at radius 3 is 2.72 bits per heavy atom. The van der Waals surface area contributed by atoms with Crippen molar-refractivity contribution in [2.45, 2.75) is 25.0 Å². The second-order valence-electron chi connectivity index (χ2n) is 6.04. The van der Waals surface area contributed by atoms with E-state index in [-0.39, 0.29) is 6.03 Å². The second-order valence-corrected chi connectivity index (χ2v) is 7.85. The highest BCUT2D eigenvalue weighted by Crippen LogP contribution is 2.33. The molecule has 1 fully saturated rings. The maximum Gasteiger partial charge on any atom is 0.319 e. The number of hydrogen-bond acceptors (Lipinski definition) is 4. The summed E-state index contributed by atoms with van der Waals surface area (Å²) in [6.07, 6.45) is 5.66. The highest BCUT2D eigenvalue weighted by molar-refractivity contribution is 9.10. The van der Waals surface area contributed by atoms with Gasteiger partial charge in [-0.05, 0) is 31.0 Å². The monoisotopic (exact) mass is 419 g/mol. The molecule has 0 spiro atoms. The van der Waals surface area contributed by atoms with E-state index < -0.39 is 11.6 Å². The summed E-state index contributed by atoms with van der Waals surface area (Å²) in [6.45, 7) is 3.36. The lowest BCUT2D eigenvalue weighted by Crippen LogP contribution is -2.48. The Hall–Kier alpha value is -1.88. The molecule has 1 saturated heterocycles. The average Bonchev–Trinajstić information content (AvgIpc) is 3.03. The number of aliphatic hydroxyl groups excluding tert-OH is 1. The normalized spacial score (nSPS) is 17.1. The molecule has 1 aliphatic rings. The Morgan fingerprint density at radius 2 is 2.16 bits per heavy atom. The Kier molecular flexibility index (Phi) is 5.13. The second kappa shape index (κ2) is 7.16. The molecule has 2 amide bonds. The predicted molar refractivity (Wildman–Crippen MR) is 101 cm³/mol. The predicted octanol–water partition coefficient (Wildman–Crippen LogP) is 3.25. The van der Waals surface area contributed by atoms with Gasteiger partial charge in [0, 0.05) is 22.9 Å². The van der Waals surface area contributed by atoms with Crippen molar-refractivity contribution >= 4 is 33.3 Å². The van der Waals surface area contributed by atoms with Crippen molar-refractivity contribution in [1.82, 2.24) is 15.2 Å². The van der Waals surface area contributed by atoms with E-state index >= 15 is 0 Å². The summed E-state index contributed by atoms with van der Waals surface area (Å²) in [5.74, 6) is 2.81. The van der Waals surface area contributed by atoms with Crippen LogP contribution >= 0.6 is 27.3 Å². The molecular weight excluding hydrogens is 402 g/mol. The fraction of sp³-hybridized carbons (Fsp3) is 0.333. The first-order valence-electron chi connectivity index (χ1n) is 7.87. The molecule has 1 aromatic heterocycles. The molecule has 0 saturated carbocycles. The fourth-order valence-corrected chi connectivity index (χ4v) is 3.64. The molecule has 2 N–H and O–H groups in total. The van der Waals surface area contributed by atoms with Gasteiger partial charge in [0.1, 0.15) is 5.01 Å². The van der Waals surface area contributed by atoms with Gasteiger partial charge in [-0.3, -0.25) is 0 Å². The summed E-state index contributed by atoms with van der Waals surface area (Å²) in [5, 5.41) is 15.1. The first kappa shape index (κ1) is 17.9. The van der Waals surface area contributed by atoms with Crippen molar-refractivity contribution in [2.75, 3.05) is 13.1 Å². The van der Waals surface area contributed by atoms with Crippen LogP contribution in [-0.2, 0) is 5.41 Å². The zero-order valence-electron chi connectivity index (χ0n) is 13.7. The van der Waals surface area contributed by atoms with Crippen LogP contribution in [0, 0.1) is 12.3 Å². The molecule has 2 aromatic rings. The molecule has 1 aliphatic heterocycles. The lowest BCUT2D eigenvalue weighted by molar-refractivity contribution is 0.113. The van der Waals surface area contributed by atoms with E-state index in [0.29, 0.717) is 10.7 Å². The number of carbonyl (C=O) groups is 1. The van der Waals surface area contributed by atoms with Crippen LogP contribution < -0.4 is 5.32 Å². The zero-order valence-corrected chi connectivity index (χ0v) is 16.1. The number of nitrogens with one attached hydrogen (secondary N) is 1. The Morgan fingerprint density at radius 1 is 1.48 bits per heavy atom. The van der Waals surface area contributed by atoms with Gasteiger partial charge in [-0.15, -0.1) is 17.8 Å². The van der Waals surface area contributed by atoms with E-state index in [2.05, 4.69) is 32.2 Å². The number of halogens is 1. The Balaban J connectivity index is 1.80. The van der Waals surface area contributed by atoms with Gasteiger partial charge < -0.3 is 15.3 Å². The number of hydrogen-bond donors (Lipinski definition) is 2. The lowest BCUT2D eigenvalue weighted by atomic mass is 9.81. The van der Waals surface area contributed by atoms with Crippen LogP contribution in [-0.4, -0.2) is 34.1 Å². The number of nitrogens with zero attached hydrogens (tertiary/aromatic N) is 2. The maximum atomic E-state index is 11.9. The van der Waals surface area contributed by atoms with Gasteiger partial charge in [0.05, 0.1) is 11.1 Å². The van der Waals surface area contributed by atoms with E-state index in [1.807, 2.05) is 36.6 Å². The van der Waals surface area contributed by atoms with Crippen molar-refractivity contribution in [3.63, 3.8) is 0 Å². The molecule has 0 bridgehead atoms. The van der Waals surface area contributed by atoms with E-state index in [9.17, 15) is 9.90 Å². The number of aromatic nitrogens is 1. The third-order valence-corrected chi connectivity index (χ3v) is 5.81. The fourth-order valence-electron chi connectivity index (χ4n) is 2.52. The van der Waals surface area contributed by atoms with Crippen molar-refractivity contribution in [2.24, 2.45) is 0 Å². The summed E-state index contributed by atoms with van der Waals surface area (Å²) in [4.78, 5) is 18.1. The molecule has 2 unspecified atom stereocenters. The summed E-state index contributed by atoms with van der Waals surface area (Å²) >= 11 is 4.69. The summed E-state index contributed by atoms with van der Waals surface area (Å²) in [6, 6.07) is 7.49. The molecule has 7 heteroatoms. The number of thiazole rings is 1. The van der Waals surface area contributed by atoms with Gasteiger partial charge in [0.2, 0.25) is 0 Å². The number of likely N-dealkylation sites (tertiary alicyclic amines) is 1. The molecule has 1 aromatic carbocycles. The first-order valence-corrected chi connectivity index (χ1v) is 9.54. The molecule has 0 radical (unpaired) electrons. The minimum Gasteiger partial charge on any atom is -0.367 e. The van der Waals surface area contributed by atoms with Crippen molar-refractivity contribution in [3.05, 3.63) is 50.4 Å². The largest absolute Gasteiger partial charge is 0.367 e. The van der Waals surface area contributed by atoms with Gasteiger partial charge in [0.15, 0.2) is 6.23 Å². The summed E-state index contributed by atoms with van der Waals surface area (Å²) in [5.41, 5.74) is 0.903. The van der Waals surface area contributed by atoms with Crippen LogP contribution in [0.15, 0.2) is 34.1 Å². The van der Waals surface area contributed by atoms with E-state index in [1.165, 1.54) is 11.3 Å². The maximum absolute atomic E-state index is 11.9. The standard InChI is InChI=1S/C18H18BrN3O2S/c1-3-18(2,12-5-7-13(19)8-6-12)14-11-25-16(20-14)15(23)21-17(24)22-9-4-10-22/h1,5-8,11,15,23H,4,9-10H2,2H3,(H,21,24). The van der Waals surface area contributed by atoms with Crippen molar-refractivity contribution < 1.29 is 9.90 Å². The first-order chi connectivity index (χ1) is 11.9. The zero-order chi connectivity index (χ0) is 18.0. The van der Waals surface area contributed by atoms with Crippen LogP contribution in [0.1, 0.15) is 35.8 Å². The Labute approximate surface area is 159 Å². The van der Waals surface area contributed by atoms with E-state index in [1.54, 1.807) is 4.90 Å². The third kappa shape index (κ3) is 3.56. The SMILES string of the molecule is C#CC(C)(c1ccc(Br)cc1)c1csc(C(O)NC(=O)N2CCC2)n1. The smallest absolute Gasteiger partial charge is 0.319 e. The van der Waals surface area contributed by atoms with Crippen LogP contribution in [0.5, 0.6) is 0 Å². The van der Waals surface area contributed by atoms with Gasteiger partial charge >= 0.3 is 6.03 Å². The molecule has 0 aliphatic carbocycles. The van der Waals surface area contributed by atoms with Crippen LogP contribution in [0.4, 0.5) is 4.79 Å². The molecular formula is C18H18BrN3O2S. The topological polar surface area (TPSA) is 65.5 Å². The van der Waals surface area contributed by atoms with E-state index in [0.717, 1.165) is 29.5 Å². The average molecular weight is 420 g/mol. The highest BCUT2D eigenvalue weighted by Gasteiger charge is 2.31. The number of amides is 2. The van der Waals surface area contributed by atoms with Crippen molar-refractivity contribution in [3.8, 4) is 12.3 Å². The number of carbonyl (C=O) groups excluding carboxylic acids is 1. The molecule has 3 rings (SSSR count). The minimum absolute atomic E-state index is 0.275. The summed E-state index contributed by atoms with van der Waals surface area (Å²) < 4.78 is 0.971. The quantitative estimate of drug-likeness (QED) is 0.590.